The average Bonchev–Trinajstić information content (AvgIpc) is 2.67. The standard InChI is InChI=1S/C21H42NO8P/c1-6-8-9-10-11-12-13-14-21(24)30-19(17-27-20(23)7-2)18-29-31(25,26)28-16-15-22(3,4)5/h19H,6-18H2,1-5H3. The molecular formula is C21H42NO8P. The van der Waals surface area contributed by atoms with Crippen molar-refractivity contribution in [3.05, 3.63) is 0 Å². The SMILES string of the molecule is CCCCCCCCCC(=O)OC(COC(=O)CC)COP(=O)([O-])OCC[N+](C)(C)C. The number of rotatable bonds is 19. The van der Waals surface area contributed by atoms with E-state index in [1.807, 2.05) is 21.1 Å². The lowest BCUT2D eigenvalue weighted by atomic mass is 10.1. The Kier molecular flexibility index (Phi) is 16.1. The molecule has 0 amide bonds. The normalized spacial score (nSPS) is 14.6. The fourth-order valence-electron chi connectivity index (χ4n) is 2.51. The number of phosphoric ester groups is 1. The number of ether oxygens (including phenoxy) is 2. The van der Waals surface area contributed by atoms with E-state index in [1.54, 1.807) is 6.92 Å². The van der Waals surface area contributed by atoms with Crippen LogP contribution in [0.15, 0.2) is 0 Å². The Labute approximate surface area is 187 Å². The first-order valence-electron chi connectivity index (χ1n) is 11.2. The van der Waals surface area contributed by atoms with Crippen LogP contribution >= 0.6 is 7.82 Å². The summed E-state index contributed by atoms with van der Waals surface area (Å²) >= 11 is 0. The van der Waals surface area contributed by atoms with Crippen molar-refractivity contribution in [1.29, 1.82) is 0 Å². The lowest BCUT2D eigenvalue weighted by Gasteiger charge is -2.28. The number of unbranched alkanes of at least 4 members (excludes halogenated alkanes) is 6. The van der Waals surface area contributed by atoms with Gasteiger partial charge in [0.15, 0.2) is 6.10 Å². The van der Waals surface area contributed by atoms with Crippen LogP contribution in [0, 0.1) is 0 Å². The van der Waals surface area contributed by atoms with E-state index in [0.717, 1.165) is 19.3 Å². The molecule has 0 saturated carbocycles. The Balaban J connectivity index is 4.45. The summed E-state index contributed by atoms with van der Waals surface area (Å²) in [5.41, 5.74) is 0. The average molecular weight is 468 g/mol. The molecule has 0 saturated heterocycles. The maximum absolute atomic E-state index is 12.1. The monoisotopic (exact) mass is 467 g/mol. The topological polar surface area (TPSA) is 111 Å². The third-order valence-electron chi connectivity index (χ3n) is 4.43. The van der Waals surface area contributed by atoms with Crippen molar-refractivity contribution in [2.24, 2.45) is 0 Å². The fraction of sp³-hybridized carbons (Fsp3) is 0.905. The molecule has 9 nitrogen and oxygen atoms in total. The van der Waals surface area contributed by atoms with Crippen LogP contribution in [0.25, 0.3) is 0 Å². The summed E-state index contributed by atoms with van der Waals surface area (Å²) < 4.78 is 32.5. The van der Waals surface area contributed by atoms with Crippen molar-refractivity contribution in [1.82, 2.24) is 0 Å². The molecule has 184 valence electrons. The summed E-state index contributed by atoms with van der Waals surface area (Å²) in [6.45, 7) is 3.50. The first-order chi connectivity index (χ1) is 14.5. The molecule has 31 heavy (non-hydrogen) atoms. The van der Waals surface area contributed by atoms with E-state index >= 15 is 0 Å². The van der Waals surface area contributed by atoms with Gasteiger partial charge in [-0.05, 0) is 6.42 Å². The lowest BCUT2D eigenvalue weighted by Crippen LogP contribution is -2.37. The zero-order valence-corrected chi connectivity index (χ0v) is 20.8. The van der Waals surface area contributed by atoms with E-state index in [2.05, 4.69) is 6.92 Å². The van der Waals surface area contributed by atoms with Crippen LogP contribution in [-0.4, -0.2) is 70.0 Å². The molecule has 2 atom stereocenters. The first kappa shape index (κ1) is 30.0. The largest absolute Gasteiger partial charge is 0.756 e. The van der Waals surface area contributed by atoms with Gasteiger partial charge in [0.1, 0.15) is 19.8 Å². The molecular weight excluding hydrogens is 425 g/mol. The minimum Gasteiger partial charge on any atom is -0.756 e. The van der Waals surface area contributed by atoms with Gasteiger partial charge in [-0.1, -0.05) is 52.4 Å². The van der Waals surface area contributed by atoms with E-state index in [4.69, 9.17) is 18.5 Å². The van der Waals surface area contributed by atoms with Crippen LogP contribution in [0.4, 0.5) is 0 Å². The van der Waals surface area contributed by atoms with Gasteiger partial charge in [0.2, 0.25) is 0 Å². The maximum atomic E-state index is 12.1. The van der Waals surface area contributed by atoms with Gasteiger partial charge in [-0.3, -0.25) is 14.2 Å². The zero-order chi connectivity index (χ0) is 23.8. The fourth-order valence-corrected chi connectivity index (χ4v) is 3.24. The van der Waals surface area contributed by atoms with Crippen LogP contribution in [0.1, 0.15) is 71.6 Å². The highest BCUT2D eigenvalue weighted by molar-refractivity contribution is 7.45. The number of phosphoric acid groups is 1. The molecule has 0 bridgehead atoms. The van der Waals surface area contributed by atoms with Gasteiger partial charge >= 0.3 is 11.9 Å². The molecule has 0 aromatic rings. The molecule has 0 spiro atoms. The number of hydrogen-bond donors (Lipinski definition) is 0. The van der Waals surface area contributed by atoms with Gasteiger partial charge in [0, 0.05) is 12.8 Å². The maximum Gasteiger partial charge on any atom is 0.306 e. The Morgan fingerprint density at radius 3 is 2.10 bits per heavy atom. The van der Waals surface area contributed by atoms with E-state index in [-0.39, 0.29) is 26.1 Å². The Morgan fingerprint density at radius 1 is 0.903 bits per heavy atom. The van der Waals surface area contributed by atoms with E-state index in [0.29, 0.717) is 17.4 Å². The van der Waals surface area contributed by atoms with Crippen molar-refractivity contribution >= 4 is 19.8 Å². The highest BCUT2D eigenvalue weighted by Crippen LogP contribution is 2.38. The summed E-state index contributed by atoms with van der Waals surface area (Å²) in [5, 5.41) is 0. The Morgan fingerprint density at radius 2 is 1.52 bits per heavy atom. The second-order valence-electron chi connectivity index (χ2n) is 8.61. The Hall–Kier alpha value is -0.990. The van der Waals surface area contributed by atoms with E-state index in [9.17, 15) is 19.0 Å². The number of esters is 2. The quantitative estimate of drug-likeness (QED) is 0.123. The molecule has 0 aliphatic rings. The van der Waals surface area contributed by atoms with Crippen LogP contribution in [0.5, 0.6) is 0 Å². The number of carbonyl (C=O) groups is 2. The van der Waals surface area contributed by atoms with Crippen molar-refractivity contribution in [2.45, 2.75) is 77.7 Å². The van der Waals surface area contributed by atoms with Gasteiger partial charge in [0.05, 0.1) is 27.7 Å². The lowest BCUT2D eigenvalue weighted by molar-refractivity contribution is -0.870. The Bertz CT molecular complexity index is 550. The van der Waals surface area contributed by atoms with Crippen LogP contribution in [0.2, 0.25) is 0 Å². The van der Waals surface area contributed by atoms with E-state index in [1.165, 1.54) is 19.3 Å². The molecule has 0 aromatic heterocycles. The minimum absolute atomic E-state index is 0.0300. The summed E-state index contributed by atoms with van der Waals surface area (Å²) in [4.78, 5) is 35.5. The number of nitrogens with zero attached hydrogens (tertiary/aromatic N) is 1. The third-order valence-corrected chi connectivity index (χ3v) is 5.40. The highest BCUT2D eigenvalue weighted by atomic mass is 31.2. The van der Waals surface area contributed by atoms with Crippen molar-refractivity contribution in [2.75, 3.05) is 47.5 Å². The summed E-state index contributed by atoms with van der Waals surface area (Å²) in [6, 6.07) is 0. The molecule has 0 fully saturated rings. The predicted octanol–water partition coefficient (Wildman–Crippen LogP) is 3.20. The number of likely N-dealkylation sites (N-methyl/N-ethyl adjacent to an activating group) is 1. The highest BCUT2D eigenvalue weighted by Gasteiger charge is 2.21. The molecule has 0 aromatic carbocycles. The summed E-state index contributed by atoms with van der Waals surface area (Å²) in [7, 11) is 1.15. The molecule has 0 aliphatic carbocycles. The van der Waals surface area contributed by atoms with Crippen molar-refractivity contribution in [3.8, 4) is 0 Å². The summed E-state index contributed by atoms with van der Waals surface area (Å²) in [5.74, 6) is -0.945. The van der Waals surface area contributed by atoms with Gasteiger partial charge in [-0.25, -0.2) is 0 Å². The number of carbonyl (C=O) groups excluding carboxylic acids is 2. The zero-order valence-electron chi connectivity index (χ0n) is 19.9. The predicted molar refractivity (Wildman–Crippen MR) is 116 cm³/mol. The smallest absolute Gasteiger partial charge is 0.306 e. The molecule has 2 unspecified atom stereocenters. The van der Waals surface area contributed by atoms with Gasteiger partial charge < -0.3 is 27.9 Å². The molecule has 0 N–H and O–H groups in total. The first-order valence-corrected chi connectivity index (χ1v) is 12.7. The second kappa shape index (κ2) is 16.6. The van der Waals surface area contributed by atoms with E-state index < -0.39 is 32.5 Å². The minimum atomic E-state index is -4.56. The van der Waals surface area contributed by atoms with Gasteiger partial charge in [-0.15, -0.1) is 0 Å². The molecule has 0 heterocycles. The van der Waals surface area contributed by atoms with Gasteiger partial charge in [-0.2, -0.15) is 0 Å². The van der Waals surface area contributed by atoms with Gasteiger partial charge in [0.25, 0.3) is 7.82 Å². The van der Waals surface area contributed by atoms with Crippen molar-refractivity contribution in [3.63, 3.8) is 0 Å². The number of quaternary nitrogens is 1. The third kappa shape index (κ3) is 19.4. The number of hydrogen-bond acceptors (Lipinski definition) is 8. The molecule has 0 aliphatic heterocycles. The van der Waals surface area contributed by atoms with Crippen LogP contribution in [0.3, 0.4) is 0 Å². The summed E-state index contributed by atoms with van der Waals surface area (Å²) in [6.07, 6.45) is 6.83. The molecule has 0 radical (unpaired) electrons. The van der Waals surface area contributed by atoms with Crippen molar-refractivity contribution < 1.29 is 42.1 Å². The van der Waals surface area contributed by atoms with Crippen LogP contribution < -0.4 is 4.89 Å². The second-order valence-corrected chi connectivity index (χ2v) is 10.0. The van der Waals surface area contributed by atoms with Crippen LogP contribution in [-0.2, 0) is 32.7 Å². The molecule has 0 rings (SSSR count). The molecule has 10 heteroatoms.